The first-order valence-electron chi connectivity index (χ1n) is 24.5. The van der Waals surface area contributed by atoms with Crippen molar-refractivity contribution in [1.29, 1.82) is 0 Å². The molecule has 336 valence electrons. The number of benzene rings is 7. The van der Waals surface area contributed by atoms with Crippen molar-refractivity contribution in [3.05, 3.63) is 143 Å². The fraction of sp³-hybridized carbons (Fsp3) is 0.323. The summed E-state index contributed by atoms with van der Waals surface area (Å²) >= 11 is 1.89. The second kappa shape index (κ2) is 13.5. The van der Waals surface area contributed by atoms with Crippen LogP contribution in [0.3, 0.4) is 0 Å². The molecule has 0 spiro atoms. The first kappa shape index (κ1) is 42.6. The van der Waals surface area contributed by atoms with Crippen molar-refractivity contribution < 1.29 is 0 Å². The van der Waals surface area contributed by atoms with Crippen LogP contribution in [0.25, 0.3) is 47.7 Å². The minimum absolute atomic E-state index is 0.00253. The third-order valence-electron chi connectivity index (χ3n) is 15.4. The minimum atomic E-state index is -0.119. The molecule has 67 heavy (non-hydrogen) atoms. The number of hydrogen-bond acceptors (Lipinski definition) is 3. The standard InChI is InChI=1S/C62H64BN3S/c1-58(2,3)35-20-23-47-42(26-35)44-27-37(60(7,8)9)32-51-56(44)65(47)52-33-38(61(10,11)12)29-46-57(52)66(51)50-31-39(62(13,14)15)30-49-55(50)63(46)45-28-36(59(4,5)6)21-24-48(45)64(49)40-22-25-54-43(34-40)41-18-16-17-19-53(41)67-54/h16-34H,1-15H3. The van der Waals surface area contributed by atoms with E-state index >= 15 is 0 Å². The molecule has 0 fully saturated rings. The largest absolute Gasteiger partial charge is 0.311 e. The highest BCUT2D eigenvalue weighted by Gasteiger charge is 2.48. The van der Waals surface area contributed by atoms with Crippen LogP contribution < -0.4 is 26.2 Å². The Morgan fingerprint density at radius 1 is 0.388 bits per heavy atom. The van der Waals surface area contributed by atoms with E-state index in [-0.39, 0.29) is 33.8 Å². The maximum Gasteiger partial charge on any atom is 0.252 e. The van der Waals surface area contributed by atoms with Gasteiger partial charge in [-0.1, -0.05) is 146 Å². The number of anilines is 6. The highest BCUT2D eigenvalue weighted by molar-refractivity contribution is 7.25. The first-order valence-corrected chi connectivity index (χ1v) is 25.4. The van der Waals surface area contributed by atoms with Gasteiger partial charge >= 0.3 is 0 Å². The Labute approximate surface area is 402 Å². The average molecular weight is 894 g/mol. The zero-order chi connectivity index (χ0) is 47.2. The van der Waals surface area contributed by atoms with E-state index in [1.165, 1.54) is 126 Å². The van der Waals surface area contributed by atoms with E-state index in [9.17, 15) is 0 Å². The number of fused-ring (bicyclic) bond motifs is 12. The lowest BCUT2D eigenvalue weighted by atomic mass is 9.33. The molecule has 0 bridgehead atoms. The molecular formula is C62H64BN3S. The Hall–Kier alpha value is -5.78. The van der Waals surface area contributed by atoms with Gasteiger partial charge in [0.15, 0.2) is 0 Å². The van der Waals surface area contributed by atoms with E-state index in [1.807, 2.05) is 11.3 Å². The van der Waals surface area contributed by atoms with E-state index in [0.717, 1.165) is 0 Å². The Morgan fingerprint density at radius 2 is 0.925 bits per heavy atom. The molecule has 0 saturated heterocycles. The SMILES string of the molecule is CC(C)(C)c1ccc2c(c1)B1c3cc(C(C)(C)C)cc4c3N(c3cc(C(C)(C)C)cc(c31)N2c1ccc2sc3ccccc3c2c1)c1cc(C(C)(C)C)cc2c3cc(C(C)(C)C)ccc3n-4c12. The molecule has 12 rings (SSSR count). The summed E-state index contributed by atoms with van der Waals surface area (Å²) in [4.78, 5) is 5.36. The third-order valence-corrected chi connectivity index (χ3v) is 16.6. The van der Waals surface area contributed by atoms with Crippen LogP contribution in [0.5, 0.6) is 0 Å². The summed E-state index contributed by atoms with van der Waals surface area (Å²) in [5.74, 6) is 0. The van der Waals surface area contributed by atoms with Gasteiger partial charge in [-0.25, -0.2) is 0 Å². The van der Waals surface area contributed by atoms with Gasteiger partial charge in [-0.2, -0.15) is 0 Å². The van der Waals surface area contributed by atoms with Crippen LogP contribution in [0.2, 0.25) is 0 Å². The van der Waals surface area contributed by atoms with Crippen LogP contribution in [0.1, 0.15) is 132 Å². The second-order valence-corrected chi connectivity index (χ2v) is 26.3. The zero-order valence-electron chi connectivity index (χ0n) is 42.3. The fourth-order valence-electron chi connectivity index (χ4n) is 11.4. The fourth-order valence-corrected chi connectivity index (χ4v) is 12.5. The predicted octanol–water partition coefficient (Wildman–Crippen LogP) is 16.0. The van der Waals surface area contributed by atoms with Crippen LogP contribution in [-0.2, 0) is 27.1 Å². The Balaban J connectivity index is 1.27. The minimum Gasteiger partial charge on any atom is -0.311 e. The molecule has 5 heteroatoms. The van der Waals surface area contributed by atoms with Gasteiger partial charge in [0.05, 0.1) is 28.1 Å². The number of rotatable bonds is 1. The summed E-state index contributed by atoms with van der Waals surface area (Å²) in [7, 11) is 0. The van der Waals surface area contributed by atoms with Gasteiger partial charge in [-0.3, -0.25) is 0 Å². The lowest BCUT2D eigenvalue weighted by molar-refractivity contribution is 0.589. The third kappa shape index (κ3) is 6.15. The highest BCUT2D eigenvalue weighted by Crippen LogP contribution is 2.55. The van der Waals surface area contributed by atoms with Gasteiger partial charge in [0, 0.05) is 53.7 Å². The monoisotopic (exact) mass is 893 g/mol. The highest BCUT2D eigenvalue weighted by atomic mass is 32.1. The average Bonchev–Trinajstić information content (AvgIpc) is 3.79. The summed E-state index contributed by atoms with van der Waals surface area (Å²) in [5, 5.41) is 5.30. The van der Waals surface area contributed by atoms with Crippen LogP contribution in [0.15, 0.2) is 115 Å². The molecular weight excluding hydrogens is 830 g/mol. The van der Waals surface area contributed by atoms with Crippen LogP contribution in [0, 0.1) is 0 Å². The topological polar surface area (TPSA) is 11.4 Å². The summed E-state index contributed by atoms with van der Waals surface area (Å²) < 4.78 is 5.31. The number of aromatic nitrogens is 1. The van der Waals surface area contributed by atoms with Crippen molar-refractivity contribution in [3.8, 4) is 5.69 Å². The zero-order valence-corrected chi connectivity index (χ0v) is 43.1. The number of nitrogens with zero attached hydrogens (tertiary/aromatic N) is 3. The van der Waals surface area contributed by atoms with Gasteiger partial charge in [0.2, 0.25) is 0 Å². The summed E-state index contributed by atoms with van der Waals surface area (Å²) in [6.07, 6.45) is 0. The van der Waals surface area contributed by atoms with Gasteiger partial charge in [0.25, 0.3) is 6.71 Å². The lowest BCUT2D eigenvalue weighted by Gasteiger charge is -2.47. The van der Waals surface area contributed by atoms with Gasteiger partial charge in [0.1, 0.15) is 0 Å². The van der Waals surface area contributed by atoms with Gasteiger partial charge in [-0.05, 0) is 144 Å². The molecule has 0 unspecified atom stereocenters. The maximum atomic E-state index is 2.73. The molecule has 3 aliphatic rings. The molecule has 0 saturated carbocycles. The molecule has 0 atom stereocenters. The van der Waals surface area contributed by atoms with E-state index in [1.54, 1.807) is 0 Å². The summed E-state index contributed by atoms with van der Waals surface area (Å²) in [6, 6.07) is 46.2. The molecule has 9 aromatic rings. The Kier molecular flexibility index (Phi) is 8.56. The Morgan fingerprint density at radius 3 is 1.61 bits per heavy atom. The van der Waals surface area contributed by atoms with Gasteiger partial charge < -0.3 is 14.4 Å². The first-order chi connectivity index (χ1) is 31.4. The Bertz CT molecular complexity index is 3620. The number of thiophene rings is 1. The molecule has 0 amide bonds. The molecule has 3 aliphatic heterocycles. The van der Waals surface area contributed by atoms with E-state index in [0.29, 0.717) is 0 Å². The van der Waals surface area contributed by atoms with Gasteiger partial charge in [-0.15, -0.1) is 11.3 Å². The van der Waals surface area contributed by atoms with Crippen molar-refractivity contribution in [2.45, 2.75) is 131 Å². The van der Waals surface area contributed by atoms with Crippen molar-refractivity contribution in [1.82, 2.24) is 4.57 Å². The van der Waals surface area contributed by atoms with E-state index in [4.69, 9.17) is 0 Å². The van der Waals surface area contributed by atoms with Crippen LogP contribution >= 0.6 is 11.3 Å². The molecule has 0 N–H and O–H groups in total. The van der Waals surface area contributed by atoms with Crippen molar-refractivity contribution >= 4 is 111 Å². The molecule has 5 heterocycles. The lowest BCUT2D eigenvalue weighted by Crippen LogP contribution is -2.62. The summed E-state index contributed by atoms with van der Waals surface area (Å²) in [5.41, 5.74) is 22.1. The van der Waals surface area contributed by atoms with E-state index in [2.05, 4.69) is 233 Å². The van der Waals surface area contributed by atoms with Crippen LogP contribution in [-0.4, -0.2) is 11.3 Å². The van der Waals surface area contributed by atoms with E-state index < -0.39 is 0 Å². The number of hydrogen-bond donors (Lipinski definition) is 0. The van der Waals surface area contributed by atoms with Crippen LogP contribution in [0.4, 0.5) is 34.1 Å². The van der Waals surface area contributed by atoms with Crippen molar-refractivity contribution in [2.75, 3.05) is 9.80 Å². The smallest absolute Gasteiger partial charge is 0.252 e. The van der Waals surface area contributed by atoms with Crippen molar-refractivity contribution in [2.24, 2.45) is 0 Å². The quantitative estimate of drug-likeness (QED) is 0.152. The molecule has 0 radical (unpaired) electrons. The molecule has 3 nitrogen and oxygen atoms in total. The predicted molar refractivity (Wildman–Crippen MR) is 295 cm³/mol. The summed E-state index contributed by atoms with van der Waals surface area (Å²) in [6.45, 7) is 35.6. The van der Waals surface area contributed by atoms with Crippen molar-refractivity contribution in [3.63, 3.8) is 0 Å². The molecule has 0 aliphatic carbocycles. The second-order valence-electron chi connectivity index (χ2n) is 25.2. The molecule has 7 aromatic carbocycles. The maximum absolute atomic E-state index is 2.73. The molecule has 2 aromatic heterocycles. The normalized spacial score (nSPS) is 14.7.